The van der Waals surface area contributed by atoms with Crippen LogP contribution in [0.3, 0.4) is 0 Å². The molecule has 5 nitrogen and oxygen atoms in total. The smallest absolute Gasteiger partial charge is 0.193 e. The number of benzene rings is 2. The van der Waals surface area contributed by atoms with E-state index in [9.17, 15) is 0 Å². The predicted octanol–water partition coefficient (Wildman–Crippen LogP) is 3.73. The molecule has 0 aliphatic rings. The number of nitrogens with zero attached hydrogens (tertiary/aromatic N) is 2. The van der Waals surface area contributed by atoms with Gasteiger partial charge in [-0.15, -0.1) is 24.0 Å². The van der Waals surface area contributed by atoms with E-state index in [0.717, 1.165) is 30.0 Å². The van der Waals surface area contributed by atoms with E-state index in [1.54, 1.807) is 0 Å². The molecule has 2 rings (SSSR count). The van der Waals surface area contributed by atoms with Crippen LogP contribution in [0.25, 0.3) is 0 Å². The molecular formula is C20H29IN4O. The van der Waals surface area contributed by atoms with Gasteiger partial charge >= 0.3 is 0 Å². The summed E-state index contributed by atoms with van der Waals surface area (Å²) in [6.07, 6.45) is 0.993. The van der Waals surface area contributed by atoms with E-state index in [2.05, 4.69) is 34.3 Å². The molecule has 0 radical (unpaired) electrons. The van der Waals surface area contributed by atoms with Gasteiger partial charge in [0.2, 0.25) is 0 Å². The molecule has 142 valence electrons. The molecular weight excluding hydrogens is 439 g/mol. The van der Waals surface area contributed by atoms with E-state index in [-0.39, 0.29) is 24.0 Å². The molecule has 0 amide bonds. The van der Waals surface area contributed by atoms with Crippen LogP contribution in [0.5, 0.6) is 5.75 Å². The molecule has 0 heterocycles. The zero-order valence-corrected chi connectivity index (χ0v) is 18.1. The van der Waals surface area contributed by atoms with E-state index >= 15 is 0 Å². The van der Waals surface area contributed by atoms with E-state index in [1.165, 1.54) is 5.56 Å². The zero-order chi connectivity index (χ0) is 18.1. The van der Waals surface area contributed by atoms with E-state index in [1.807, 2.05) is 50.5 Å². The van der Waals surface area contributed by atoms with Gasteiger partial charge < -0.3 is 20.7 Å². The Balaban J connectivity index is 0.00000338. The van der Waals surface area contributed by atoms with Gasteiger partial charge in [-0.25, -0.2) is 4.99 Å². The fourth-order valence-electron chi connectivity index (χ4n) is 2.31. The summed E-state index contributed by atoms with van der Waals surface area (Å²) in [6, 6.07) is 16.1. The van der Waals surface area contributed by atoms with Crippen LogP contribution in [-0.2, 0) is 13.0 Å². The van der Waals surface area contributed by atoms with Gasteiger partial charge in [-0.05, 0) is 55.9 Å². The summed E-state index contributed by atoms with van der Waals surface area (Å²) in [7, 11) is 4.06. The number of aryl methyl sites for hydroxylation is 1. The van der Waals surface area contributed by atoms with E-state index < -0.39 is 0 Å². The number of nitrogens with one attached hydrogen (secondary N) is 1. The van der Waals surface area contributed by atoms with Crippen LogP contribution in [0, 0.1) is 0 Å². The van der Waals surface area contributed by atoms with Gasteiger partial charge in [0.25, 0.3) is 0 Å². The molecule has 0 saturated heterocycles. The molecule has 0 aromatic heterocycles. The molecule has 0 fully saturated rings. The van der Waals surface area contributed by atoms with Crippen molar-refractivity contribution in [3.05, 3.63) is 59.7 Å². The second kappa shape index (κ2) is 11.7. The molecule has 0 unspecified atom stereocenters. The molecule has 0 aliphatic heterocycles. The minimum atomic E-state index is 0. The summed E-state index contributed by atoms with van der Waals surface area (Å²) in [5, 5.41) is 3.14. The Kier molecular flexibility index (Phi) is 10.0. The standard InChI is InChI=1S/C20H28N4O.HI/c1-4-16-7-5-9-18(13-16)23-20(21)22-15-17-8-6-10-19(14-17)25-12-11-24(2)3;/h5-10,13-14H,4,11-12,15H2,1-3H3,(H3,21,22,23);1H. The minimum Gasteiger partial charge on any atom is -0.492 e. The molecule has 0 aliphatic carbocycles. The van der Waals surface area contributed by atoms with Gasteiger partial charge in [-0.2, -0.15) is 0 Å². The number of guanidine groups is 1. The lowest BCUT2D eigenvalue weighted by atomic mass is 10.1. The highest BCUT2D eigenvalue weighted by atomic mass is 127. The normalized spacial score (nSPS) is 11.2. The predicted molar refractivity (Wildman–Crippen MR) is 121 cm³/mol. The first-order valence-corrected chi connectivity index (χ1v) is 8.59. The Bertz CT molecular complexity index is 704. The number of nitrogens with two attached hydrogens (primary N) is 1. The quantitative estimate of drug-likeness (QED) is 0.352. The first kappa shape index (κ1) is 22.2. The van der Waals surface area contributed by atoms with Gasteiger partial charge in [-0.3, -0.25) is 0 Å². The molecule has 0 bridgehead atoms. The number of halogens is 1. The van der Waals surface area contributed by atoms with Crippen LogP contribution >= 0.6 is 24.0 Å². The third kappa shape index (κ3) is 8.05. The maximum Gasteiger partial charge on any atom is 0.193 e. The van der Waals surface area contributed by atoms with Crippen LogP contribution in [-0.4, -0.2) is 38.1 Å². The van der Waals surface area contributed by atoms with Gasteiger partial charge in [-0.1, -0.05) is 31.2 Å². The molecule has 0 saturated carbocycles. The average Bonchev–Trinajstić information content (AvgIpc) is 2.60. The largest absolute Gasteiger partial charge is 0.492 e. The lowest BCUT2D eigenvalue weighted by molar-refractivity contribution is 0.261. The van der Waals surface area contributed by atoms with Crippen LogP contribution in [0.1, 0.15) is 18.1 Å². The number of aliphatic imine (C=N–C) groups is 1. The Morgan fingerprint density at radius 3 is 2.58 bits per heavy atom. The number of anilines is 1. The third-order valence-electron chi connectivity index (χ3n) is 3.75. The van der Waals surface area contributed by atoms with E-state index in [0.29, 0.717) is 19.1 Å². The fourth-order valence-corrected chi connectivity index (χ4v) is 2.31. The summed E-state index contributed by atoms with van der Waals surface area (Å²) in [6.45, 7) is 4.19. The lowest BCUT2D eigenvalue weighted by Crippen LogP contribution is -2.22. The summed E-state index contributed by atoms with van der Waals surface area (Å²) < 4.78 is 5.75. The highest BCUT2D eigenvalue weighted by Gasteiger charge is 2.00. The summed E-state index contributed by atoms with van der Waals surface area (Å²) in [5.74, 6) is 1.27. The van der Waals surface area contributed by atoms with Gasteiger partial charge in [0.1, 0.15) is 12.4 Å². The topological polar surface area (TPSA) is 62.9 Å². The highest BCUT2D eigenvalue weighted by Crippen LogP contribution is 2.14. The fraction of sp³-hybridized carbons (Fsp3) is 0.350. The molecule has 6 heteroatoms. The Morgan fingerprint density at radius 2 is 1.85 bits per heavy atom. The van der Waals surface area contributed by atoms with Crippen molar-refractivity contribution in [2.24, 2.45) is 10.7 Å². The maximum atomic E-state index is 6.00. The van der Waals surface area contributed by atoms with Crippen molar-refractivity contribution >= 4 is 35.6 Å². The number of hydrogen-bond acceptors (Lipinski definition) is 3. The van der Waals surface area contributed by atoms with Crippen molar-refractivity contribution in [2.45, 2.75) is 19.9 Å². The second-order valence-corrected chi connectivity index (χ2v) is 6.18. The number of hydrogen-bond donors (Lipinski definition) is 2. The molecule has 2 aromatic carbocycles. The average molecular weight is 468 g/mol. The van der Waals surface area contributed by atoms with Gasteiger partial charge in [0.05, 0.1) is 6.54 Å². The van der Waals surface area contributed by atoms with Crippen molar-refractivity contribution in [1.82, 2.24) is 4.90 Å². The summed E-state index contributed by atoms with van der Waals surface area (Å²) in [5.41, 5.74) is 9.29. The third-order valence-corrected chi connectivity index (χ3v) is 3.75. The van der Waals surface area contributed by atoms with Crippen LogP contribution in [0.15, 0.2) is 53.5 Å². The number of likely N-dealkylation sites (N-methyl/N-ethyl adjacent to an activating group) is 1. The molecule has 26 heavy (non-hydrogen) atoms. The highest BCUT2D eigenvalue weighted by molar-refractivity contribution is 14.0. The van der Waals surface area contributed by atoms with Crippen LogP contribution in [0.2, 0.25) is 0 Å². The Labute approximate surface area is 173 Å². The molecule has 0 spiro atoms. The van der Waals surface area contributed by atoms with Crippen molar-refractivity contribution in [3.63, 3.8) is 0 Å². The van der Waals surface area contributed by atoms with Crippen molar-refractivity contribution < 1.29 is 4.74 Å². The molecule has 2 aromatic rings. The number of ether oxygens (including phenoxy) is 1. The summed E-state index contributed by atoms with van der Waals surface area (Å²) >= 11 is 0. The van der Waals surface area contributed by atoms with Crippen LogP contribution < -0.4 is 15.8 Å². The van der Waals surface area contributed by atoms with Gasteiger partial charge in [0.15, 0.2) is 5.96 Å². The minimum absolute atomic E-state index is 0. The van der Waals surface area contributed by atoms with Crippen molar-refractivity contribution in [1.29, 1.82) is 0 Å². The number of rotatable bonds is 8. The van der Waals surface area contributed by atoms with Crippen LogP contribution in [0.4, 0.5) is 5.69 Å². The summed E-state index contributed by atoms with van der Waals surface area (Å²) in [4.78, 5) is 6.51. The molecule has 0 atom stereocenters. The second-order valence-electron chi connectivity index (χ2n) is 6.18. The monoisotopic (exact) mass is 468 g/mol. The lowest BCUT2D eigenvalue weighted by Gasteiger charge is -2.11. The van der Waals surface area contributed by atoms with Crippen molar-refractivity contribution in [3.8, 4) is 5.75 Å². The Hall–Kier alpha value is -1.80. The first-order valence-electron chi connectivity index (χ1n) is 8.59. The SMILES string of the molecule is CCc1cccc(NC(N)=NCc2cccc(OCCN(C)C)c2)c1.I. The van der Waals surface area contributed by atoms with E-state index in [4.69, 9.17) is 10.5 Å². The Morgan fingerprint density at radius 1 is 1.12 bits per heavy atom. The zero-order valence-electron chi connectivity index (χ0n) is 15.7. The maximum absolute atomic E-state index is 6.00. The molecule has 3 N–H and O–H groups in total. The van der Waals surface area contributed by atoms with Crippen molar-refractivity contribution in [2.75, 3.05) is 32.6 Å². The first-order chi connectivity index (χ1) is 12.1. The van der Waals surface area contributed by atoms with Gasteiger partial charge in [0, 0.05) is 12.2 Å².